The van der Waals surface area contributed by atoms with Crippen molar-refractivity contribution < 1.29 is 4.79 Å². The average molecular weight is 443 g/mol. The molecule has 2 aromatic carbocycles. The van der Waals surface area contributed by atoms with Crippen LogP contribution in [0.25, 0.3) is 11.3 Å². The average Bonchev–Trinajstić information content (AvgIpc) is 3.00. The van der Waals surface area contributed by atoms with Gasteiger partial charge in [0.2, 0.25) is 0 Å². The lowest BCUT2D eigenvalue weighted by Crippen LogP contribution is -2.17. The van der Waals surface area contributed by atoms with Gasteiger partial charge in [-0.1, -0.05) is 59.6 Å². The number of benzene rings is 2. The maximum absolute atomic E-state index is 12.8. The monoisotopic (exact) mass is 442 g/mol. The Hall–Kier alpha value is -1.98. The van der Waals surface area contributed by atoms with Crippen LogP contribution in [0.1, 0.15) is 41.1 Å². The highest BCUT2D eigenvalue weighted by atomic mass is 79.9. The molecule has 0 spiro atoms. The zero-order chi connectivity index (χ0) is 19.4. The fourth-order valence-electron chi connectivity index (χ4n) is 3.12. The third kappa shape index (κ3) is 4.30. The van der Waals surface area contributed by atoms with E-state index in [1.54, 1.807) is 11.3 Å². The van der Waals surface area contributed by atoms with E-state index in [2.05, 4.69) is 63.6 Å². The minimum atomic E-state index is -0.179. The minimum Gasteiger partial charge on any atom is -0.316 e. The molecule has 1 aromatic heterocycles. The summed E-state index contributed by atoms with van der Waals surface area (Å²) in [4.78, 5) is 19.3. The third-order valence-electron chi connectivity index (χ3n) is 4.46. The van der Waals surface area contributed by atoms with E-state index in [0.717, 1.165) is 39.8 Å². The highest BCUT2D eigenvalue weighted by molar-refractivity contribution is 9.10. The van der Waals surface area contributed by atoms with E-state index in [0.29, 0.717) is 5.56 Å². The molecule has 0 aliphatic rings. The van der Waals surface area contributed by atoms with Crippen molar-refractivity contribution in [1.29, 1.82) is 0 Å². The van der Waals surface area contributed by atoms with Gasteiger partial charge in [0, 0.05) is 21.5 Å². The van der Waals surface area contributed by atoms with Gasteiger partial charge < -0.3 is 4.57 Å². The first-order valence-corrected chi connectivity index (χ1v) is 10.8. The molecule has 0 aliphatic carbocycles. The number of aryl methyl sites for hydroxylation is 2. The Labute approximate surface area is 172 Å². The quantitative estimate of drug-likeness (QED) is 0.476. The van der Waals surface area contributed by atoms with Crippen LogP contribution in [0, 0.1) is 6.92 Å². The number of carbonyl (C=O) groups excluding carboxylic acids is 1. The Morgan fingerprint density at radius 2 is 1.81 bits per heavy atom. The van der Waals surface area contributed by atoms with Crippen molar-refractivity contribution in [2.45, 2.75) is 40.2 Å². The summed E-state index contributed by atoms with van der Waals surface area (Å²) in [5, 5.41) is 0. The Morgan fingerprint density at radius 1 is 1.11 bits per heavy atom. The van der Waals surface area contributed by atoms with E-state index in [4.69, 9.17) is 0 Å². The van der Waals surface area contributed by atoms with Gasteiger partial charge in [0.05, 0.1) is 5.69 Å². The SMILES string of the molecule is CCCc1sc(=NC(=O)c2ccccc2C)n(CC)c1-c1ccc(Br)cc1. The van der Waals surface area contributed by atoms with Crippen LogP contribution in [0.5, 0.6) is 0 Å². The van der Waals surface area contributed by atoms with E-state index in [9.17, 15) is 4.79 Å². The predicted molar refractivity (Wildman–Crippen MR) is 116 cm³/mol. The van der Waals surface area contributed by atoms with E-state index in [1.165, 1.54) is 10.6 Å². The van der Waals surface area contributed by atoms with Gasteiger partial charge in [-0.05, 0) is 49.6 Å². The molecule has 0 atom stereocenters. The highest BCUT2D eigenvalue weighted by Crippen LogP contribution is 2.28. The van der Waals surface area contributed by atoms with Crippen LogP contribution in [0.3, 0.4) is 0 Å². The van der Waals surface area contributed by atoms with Crippen LogP contribution in [0.15, 0.2) is 58.0 Å². The number of hydrogen-bond donors (Lipinski definition) is 0. The predicted octanol–water partition coefficient (Wildman–Crippen LogP) is 6.00. The summed E-state index contributed by atoms with van der Waals surface area (Å²) in [5.74, 6) is -0.179. The molecular formula is C22H23BrN2OS. The Bertz CT molecular complexity index is 1020. The first-order chi connectivity index (χ1) is 13.0. The highest BCUT2D eigenvalue weighted by Gasteiger charge is 2.16. The van der Waals surface area contributed by atoms with Gasteiger partial charge in [-0.15, -0.1) is 11.3 Å². The van der Waals surface area contributed by atoms with Crippen molar-refractivity contribution in [3.8, 4) is 11.3 Å². The van der Waals surface area contributed by atoms with Gasteiger partial charge in [-0.3, -0.25) is 4.79 Å². The van der Waals surface area contributed by atoms with Crippen molar-refractivity contribution in [1.82, 2.24) is 4.57 Å². The maximum atomic E-state index is 12.8. The largest absolute Gasteiger partial charge is 0.316 e. The summed E-state index contributed by atoms with van der Waals surface area (Å²) in [6, 6.07) is 15.9. The molecule has 0 unspecified atom stereocenters. The van der Waals surface area contributed by atoms with E-state index < -0.39 is 0 Å². The van der Waals surface area contributed by atoms with Crippen LogP contribution < -0.4 is 4.80 Å². The van der Waals surface area contributed by atoms with Gasteiger partial charge >= 0.3 is 0 Å². The number of nitrogens with zero attached hydrogens (tertiary/aromatic N) is 2. The van der Waals surface area contributed by atoms with Crippen molar-refractivity contribution in [2.75, 3.05) is 0 Å². The molecule has 0 N–H and O–H groups in total. The molecule has 27 heavy (non-hydrogen) atoms. The first-order valence-electron chi connectivity index (χ1n) is 9.18. The maximum Gasteiger partial charge on any atom is 0.279 e. The zero-order valence-electron chi connectivity index (χ0n) is 15.8. The van der Waals surface area contributed by atoms with Gasteiger partial charge in [-0.25, -0.2) is 0 Å². The lowest BCUT2D eigenvalue weighted by atomic mass is 10.1. The normalized spacial score (nSPS) is 11.8. The molecule has 0 saturated carbocycles. The number of aromatic nitrogens is 1. The zero-order valence-corrected chi connectivity index (χ0v) is 18.2. The molecule has 1 heterocycles. The van der Waals surface area contributed by atoms with Crippen LogP contribution in [-0.4, -0.2) is 10.5 Å². The molecule has 5 heteroatoms. The molecule has 3 nitrogen and oxygen atoms in total. The molecule has 0 radical (unpaired) electrons. The van der Waals surface area contributed by atoms with Crippen molar-refractivity contribution in [3.05, 3.63) is 73.8 Å². The third-order valence-corrected chi connectivity index (χ3v) is 6.13. The first kappa shape index (κ1) is 19.8. The van der Waals surface area contributed by atoms with Gasteiger partial charge in [-0.2, -0.15) is 4.99 Å². The fourth-order valence-corrected chi connectivity index (χ4v) is 4.69. The topological polar surface area (TPSA) is 34.4 Å². The summed E-state index contributed by atoms with van der Waals surface area (Å²) in [5.41, 5.74) is 3.95. The molecule has 3 rings (SSSR count). The van der Waals surface area contributed by atoms with Crippen LogP contribution in [0.2, 0.25) is 0 Å². The van der Waals surface area contributed by atoms with Crippen molar-refractivity contribution in [2.24, 2.45) is 4.99 Å². The summed E-state index contributed by atoms with van der Waals surface area (Å²) in [6.07, 6.45) is 2.03. The summed E-state index contributed by atoms with van der Waals surface area (Å²) in [6.45, 7) is 6.99. The molecule has 140 valence electrons. The second kappa shape index (κ2) is 8.81. The smallest absolute Gasteiger partial charge is 0.279 e. The second-order valence-corrected chi connectivity index (χ2v) is 8.37. The molecule has 1 amide bonds. The van der Waals surface area contributed by atoms with Gasteiger partial charge in [0.15, 0.2) is 4.80 Å². The molecular weight excluding hydrogens is 420 g/mol. The number of carbonyl (C=O) groups is 1. The molecule has 0 fully saturated rings. The fraction of sp³-hybridized carbons (Fsp3) is 0.273. The van der Waals surface area contributed by atoms with Crippen molar-refractivity contribution in [3.63, 3.8) is 0 Å². The van der Waals surface area contributed by atoms with Gasteiger partial charge in [0.1, 0.15) is 0 Å². The Balaban J connectivity index is 2.16. The molecule has 3 aromatic rings. The van der Waals surface area contributed by atoms with Crippen LogP contribution in [0.4, 0.5) is 0 Å². The van der Waals surface area contributed by atoms with E-state index in [1.807, 2.05) is 31.2 Å². The lowest BCUT2D eigenvalue weighted by molar-refractivity contribution is 0.0997. The van der Waals surface area contributed by atoms with E-state index in [-0.39, 0.29) is 5.91 Å². The number of rotatable bonds is 5. The minimum absolute atomic E-state index is 0.179. The standard InChI is InChI=1S/C22H23BrN2OS/c1-4-8-19-20(16-11-13-17(23)14-12-16)25(5-2)22(27-19)24-21(26)18-10-7-6-9-15(18)3/h6-7,9-14H,4-5,8H2,1-3H3. The number of thiazole rings is 1. The number of halogens is 1. The number of amides is 1. The van der Waals surface area contributed by atoms with Crippen molar-refractivity contribution >= 4 is 33.2 Å². The van der Waals surface area contributed by atoms with Gasteiger partial charge in [0.25, 0.3) is 5.91 Å². The summed E-state index contributed by atoms with van der Waals surface area (Å²) >= 11 is 5.13. The lowest BCUT2D eigenvalue weighted by Gasteiger charge is -2.09. The number of hydrogen-bond acceptors (Lipinski definition) is 2. The second-order valence-electron chi connectivity index (χ2n) is 6.39. The Morgan fingerprint density at radius 3 is 2.44 bits per heavy atom. The summed E-state index contributed by atoms with van der Waals surface area (Å²) in [7, 11) is 0. The summed E-state index contributed by atoms with van der Waals surface area (Å²) < 4.78 is 3.22. The molecule has 0 aliphatic heterocycles. The van der Waals surface area contributed by atoms with Crippen LogP contribution >= 0.6 is 27.3 Å². The van der Waals surface area contributed by atoms with Crippen LogP contribution in [-0.2, 0) is 13.0 Å². The molecule has 0 saturated heterocycles. The van der Waals surface area contributed by atoms with E-state index >= 15 is 0 Å². The Kier molecular flexibility index (Phi) is 6.45. The molecule has 0 bridgehead atoms.